The van der Waals surface area contributed by atoms with Crippen LogP contribution in [-0.2, 0) is 66.8 Å². The maximum atomic E-state index is 12.9. The van der Waals surface area contributed by atoms with Crippen molar-refractivity contribution in [1.29, 1.82) is 0 Å². The predicted molar refractivity (Wildman–Crippen MR) is 459 cm³/mol. The molecule has 2 aliphatic heterocycles. The van der Waals surface area contributed by atoms with E-state index in [0.717, 1.165) is 70.6 Å². The Hall–Kier alpha value is -3.33. The summed E-state index contributed by atoms with van der Waals surface area (Å²) in [5, 5.41) is 79.5. The Morgan fingerprint density at radius 1 is 0.447 bits per heavy atom. The number of esters is 6. The standard InChI is InChI=1S/C25H40O6.C25H38O5.C24H38O6.C24H36O5.2K.H2O/c1-6-25(4,5)24(30)31-21-12-15(2)11-17-8-7-16(3)20(23(17)21)10-9-18(26)13-19(27)14-22(28)29;1-6-25(4,5)24(28)30-21-12-15(2)11-17-8-7-16(3)20(23(17)21)10-9-19-13-18(26)14-22(27)29-19;1-5-15(3)24(29)30-21-11-14(2)10-17-7-6-16(4)20(23(17)21)9-8-18(25)12-19(26)13-22(27)28;1-5-15(3)24(27)29-21-11-14(2)10-17-7-6-16(4)20(23(17)21)9-8-19-12-18(25)13-22(26)28-19;;;/h7-8,11,15-16,18-21,23,26-27H,6,9-10,12-14H2,1-5H3,(H,28,29);7-8,11,15-16,18-21,23,26H,6,9-10,12-14H2,1-5H3;6-7,10,14-16,18-21,23,25-26H,5,8-9,11-13H2,1-4H3,(H,27,28);6-7,10,14-16,18-21,23,25H,5,8-9,11-13H2,1-4H3;;;1H2/q;;;;2*+1;/p-2. The Balaban J connectivity index is 0.000000341. The van der Waals surface area contributed by atoms with Crippen LogP contribution >= 0.6 is 0 Å². The monoisotopic (exact) mass is 1770 g/mol. The van der Waals surface area contributed by atoms with Crippen molar-refractivity contribution in [1.82, 2.24) is 0 Å². The van der Waals surface area contributed by atoms with Crippen molar-refractivity contribution in [2.24, 2.45) is 117 Å². The molecule has 10 rings (SSSR count). The average molecular weight is 1780 g/mol. The molecule has 0 bridgehead atoms. The number of ether oxygens (including phenoxy) is 6. The van der Waals surface area contributed by atoms with Crippen molar-refractivity contribution >= 4 is 47.8 Å². The van der Waals surface area contributed by atoms with Crippen molar-refractivity contribution in [2.75, 3.05) is 0 Å². The quantitative estimate of drug-likeness (QED) is 0.0187. The van der Waals surface area contributed by atoms with Gasteiger partial charge in [-0.3, -0.25) is 33.6 Å². The Bertz CT molecular complexity index is 3670. The van der Waals surface area contributed by atoms with Crippen LogP contribution in [0.3, 0.4) is 0 Å². The van der Waals surface area contributed by atoms with Crippen LogP contribution in [0.1, 0.15) is 279 Å². The second kappa shape index (κ2) is 52.6. The molecule has 30 atom stereocenters. The Labute approximate surface area is 819 Å². The summed E-state index contributed by atoms with van der Waals surface area (Å²) in [6.07, 6.45) is 33.0. The molecule has 8 N–H and O–H groups in total. The first-order chi connectivity index (χ1) is 56.4. The third kappa shape index (κ3) is 33.8. The largest absolute Gasteiger partial charge is 1.00 e. The van der Waals surface area contributed by atoms with E-state index in [1.54, 1.807) is 0 Å². The number of carboxylic acids is 2. The number of aliphatic hydroxyl groups excluding tert-OH is 6. The van der Waals surface area contributed by atoms with Crippen molar-refractivity contribution in [3.05, 3.63) is 95.2 Å². The first-order valence-corrected chi connectivity index (χ1v) is 45.8. The van der Waals surface area contributed by atoms with Crippen molar-refractivity contribution in [2.45, 2.75) is 352 Å². The number of carbonyl (C=O) groups excluding carboxylic acids is 7. The van der Waals surface area contributed by atoms with Crippen LogP contribution in [0.4, 0.5) is 0 Å². The van der Waals surface area contributed by atoms with E-state index in [1.165, 1.54) is 22.3 Å². The molecule has 0 radical (unpaired) electrons. The molecule has 0 aromatic heterocycles. The van der Waals surface area contributed by atoms with E-state index in [2.05, 4.69) is 128 Å². The van der Waals surface area contributed by atoms with E-state index in [4.69, 9.17) is 33.5 Å². The van der Waals surface area contributed by atoms with Gasteiger partial charge in [-0.25, -0.2) is 0 Å². The predicted octanol–water partition coefficient (Wildman–Crippen LogP) is 9.10. The summed E-state index contributed by atoms with van der Waals surface area (Å²) < 4.78 is 35.2. The molecule has 23 nitrogen and oxygen atoms in total. The van der Waals surface area contributed by atoms with E-state index in [1.807, 2.05) is 69.2 Å². The number of carbonyl (C=O) groups is 8. The van der Waals surface area contributed by atoms with Gasteiger partial charge in [-0.2, -0.15) is 0 Å². The number of carboxylic acid groups (broad SMARTS) is 2. The maximum Gasteiger partial charge on any atom is 1.00 e. The molecular weight excluding hydrogens is 1620 g/mol. The summed E-state index contributed by atoms with van der Waals surface area (Å²) in [6, 6.07) is 0. The molecular formula is C98H152K2O23. The smallest absolute Gasteiger partial charge is 0.870 e. The fourth-order valence-electron chi connectivity index (χ4n) is 19.7. The minimum Gasteiger partial charge on any atom is -0.870 e. The van der Waals surface area contributed by atoms with Gasteiger partial charge in [-0.05, 0) is 237 Å². The SMILES string of the molecule is CCC(C)(C)C(=O)OC1CC(C)C=C2C=CC(C)C(CCC(O)CC(O)CC(=O)O)C21.CCC(C)(C)C(=O)OC1CC(C)C=C2C=CC(C)C(CCC3CC(O)CC(=O)O3)C21.CCC(C)C(=O)OC1CC(C)C=C2C=CC(C)C(CCC(O)CC(O)CC(=O)[O-])C21.CCC(C)C(=O)OC1CC(C)C=C2C=CC(C)C(CCC3CC(O)CC(=O)O3)C21.[K+].[K+].[OH-]. The van der Waals surface area contributed by atoms with Crippen LogP contribution < -0.4 is 108 Å². The summed E-state index contributed by atoms with van der Waals surface area (Å²) in [7, 11) is 0. The van der Waals surface area contributed by atoms with E-state index >= 15 is 0 Å². The molecule has 0 aromatic rings. The molecule has 0 saturated carbocycles. The summed E-state index contributed by atoms with van der Waals surface area (Å²) in [4.78, 5) is 95.5. The topological polar surface area (TPSA) is 387 Å². The Morgan fingerprint density at radius 2 is 0.732 bits per heavy atom. The number of hydrogen-bond donors (Lipinski definition) is 7. The second-order valence-corrected chi connectivity index (χ2v) is 39.1. The summed E-state index contributed by atoms with van der Waals surface area (Å²) in [5.41, 5.74) is 3.94. The van der Waals surface area contributed by atoms with Gasteiger partial charge in [0, 0.05) is 48.9 Å². The normalized spacial score (nSPS) is 33.1. The zero-order valence-electron chi connectivity index (χ0n) is 77.9. The van der Waals surface area contributed by atoms with Gasteiger partial charge in [-0.15, -0.1) is 0 Å². The van der Waals surface area contributed by atoms with E-state index in [9.17, 15) is 74.1 Å². The molecule has 123 heavy (non-hydrogen) atoms. The van der Waals surface area contributed by atoms with Gasteiger partial charge >= 0.3 is 145 Å². The molecule has 25 heteroatoms. The van der Waals surface area contributed by atoms with E-state index in [-0.39, 0.29) is 272 Å². The molecule has 10 aliphatic rings. The molecule has 2 heterocycles. The zero-order chi connectivity index (χ0) is 88.9. The maximum absolute atomic E-state index is 12.9. The van der Waals surface area contributed by atoms with E-state index < -0.39 is 65.8 Å². The fraction of sp³-hybridized carbons (Fsp3) is 0.755. The number of aliphatic hydroxyl groups is 6. The van der Waals surface area contributed by atoms with Gasteiger partial charge in [0.1, 0.15) is 36.6 Å². The number of hydrogen-bond acceptors (Lipinski definition) is 22. The van der Waals surface area contributed by atoms with E-state index in [0.29, 0.717) is 92.3 Å². The van der Waals surface area contributed by atoms with Gasteiger partial charge in [0.05, 0.1) is 78.6 Å². The third-order valence-electron chi connectivity index (χ3n) is 28.0. The minimum absolute atomic E-state index is 0. The number of cyclic esters (lactones) is 2. The van der Waals surface area contributed by atoms with Gasteiger partial charge in [0.2, 0.25) is 0 Å². The average Bonchev–Trinajstić information content (AvgIpc) is 0.792. The molecule has 0 aromatic carbocycles. The van der Waals surface area contributed by atoms with Crippen LogP contribution in [0.5, 0.6) is 0 Å². The number of rotatable bonds is 32. The number of allylic oxidation sites excluding steroid dienone is 12. The minimum atomic E-state index is -1.32. The molecule has 0 spiro atoms. The number of aliphatic carboxylic acids is 2. The molecule has 8 aliphatic carbocycles. The first kappa shape index (κ1) is 112. The van der Waals surface area contributed by atoms with Crippen LogP contribution in [-0.4, -0.2) is 162 Å². The van der Waals surface area contributed by atoms with Gasteiger partial charge < -0.3 is 79.5 Å². The van der Waals surface area contributed by atoms with Crippen molar-refractivity contribution in [3.63, 3.8) is 0 Å². The Morgan fingerprint density at radius 3 is 1.00 bits per heavy atom. The summed E-state index contributed by atoms with van der Waals surface area (Å²) in [6.45, 7) is 36.9. The zero-order valence-corrected chi connectivity index (χ0v) is 84.2. The van der Waals surface area contributed by atoms with Crippen LogP contribution in [0.15, 0.2) is 95.2 Å². The Kier molecular flexibility index (Phi) is 47.9. The molecule has 684 valence electrons. The van der Waals surface area contributed by atoms with Crippen molar-refractivity contribution in [3.8, 4) is 0 Å². The molecule has 2 saturated heterocycles. The molecule has 0 amide bonds. The summed E-state index contributed by atoms with van der Waals surface area (Å²) in [5.74, 6) is 0.479. The fourth-order valence-corrected chi connectivity index (χ4v) is 19.7. The van der Waals surface area contributed by atoms with Crippen LogP contribution in [0.2, 0.25) is 0 Å². The number of fused-ring (bicyclic) bond motifs is 4. The van der Waals surface area contributed by atoms with Crippen molar-refractivity contribution < 1.29 is 216 Å². The third-order valence-corrected chi connectivity index (χ3v) is 28.0. The van der Waals surface area contributed by atoms with Gasteiger partial charge in [0.25, 0.3) is 0 Å². The second-order valence-electron chi connectivity index (χ2n) is 39.1. The van der Waals surface area contributed by atoms with Crippen LogP contribution in [0, 0.1) is 117 Å². The first-order valence-electron chi connectivity index (χ1n) is 45.8. The van der Waals surface area contributed by atoms with Crippen LogP contribution in [0.25, 0.3) is 0 Å². The van der Waals surface area contributed by atoms with Gasteiger partial charge in [-0.1, -0.05) is 170 Å². The van der Waals surface area contributed by atoms with Gasteiger partial charge in [0.15, 0.2) is 0 Å². The molecule has 30 unspecified atom stereocenters. The summed E-state index contributed by atoms with van der Waals surface area (Å²) >= 11 is 0. The molecule has 2 fully saturated rings.